The largest absolute Gasteiger partial charge is 0.337 e. The number of carbonyl (C=O) groups excluding carboxylic acids is 2. The number of hydrogen-bond acceptors (Lipinski definition) is 2. The highest BCUT2D eigenvalue weighted by Crippen LogP contribution is 2.23. The number of likely N-dealkylation sites (N-methyl/N-ethyl adjacent to an activating group) is 1. The second kappa shape index (κ2) is 9.36. The molecule has 4 nitrogen and oxygen atoms in total. The fourth-order valence-corrected chi connectivity index (χ4v) is 3.68. The van der Waals surface area contributed by atoms with Gasteiger partial charge in [0.25, 0.3) is 0 Å². The fourth-order valence-electron chi connectivity index (χ4n) is 3.68. The molecular formula is C23H28N2O2. The number of hydrogen-bond donors (Lipinski definition) is 0. The van der Waals surface area contributed by atoms with Crippen molar-refractivity contribution in [3.63, 3.8) is 0 Å². The summed E-state index contributed by atoms with van der Waals surface area (Å²) in [4.78, 5) is 29.8. The lowest BCUT2D eigenvalue weighted by Gasteiger charge is -2.33. The molecular weight excluding hydrogens is 336 g/mol. The Morgan fingerprint density at radius 3 is 2.26 bits per heavy atom. The van der Waals surface area contributed by atoms with Gasteiger partial charge in [0, 0.05) is 26.1 Å². The van der Waals surface area contributed by atoms with Gasteiger partial charge in [0.05, 0.1) is 0 Å². The van der Waals surface area contributed by atoms with Crippen molar-refractivity contribution in [2.24, 2.45) is 0 Å². The molecule has 1 aliphatic heterocycles. The molecule has 1 atom stereocenters. The second-order valence-electron chi connectivity index (χ2n) is 7.11. The van der Waals surface area contributed by atoms with Crippen LogP contribution in [0.2, 0.25) is 0 Å². The molecule has 0 bridgehead atoms. The molecule has 2 aromatic rings. The van der Waals surface area contributed by atoms with Crippen molar-refractivity contribution in [2.75, 3.05) is 6.54 Å². The van der Waals surface area contributed by atoms with Gasteiger partial charge in [0.1, 0.15) is 6.04 Å². The van der Waals surface area contributed by atoms with Gasteiger partial charge in [-0.15, -0.1) is 0 Å². The van der Waals surface area contributed by atoms with E-state index in [2.05, 4.69) is 0 Å². The van der Waals surface area contributed by atoms with E-state index in [0.717, 1.165) is 30.4 Å². The minimum absolute atomic E-state index is 0.0625. The molecule has 0 aliphatic carbocycles. The molecule has 142 valence electrons. The maximum atomic E-state index is 13.4. The van der Waals surface area contributed by atoms with Crippen LogP contribution >= 0.6 is 0 Å². The number of benzene rings is 2. The van der Waals surface area contributed by atoms with E-state index in [0.29, 0.717) is 26.1 Å². The summed E-state index contributed by atoms with van der Waals surface area (Å²) in [7, 11) is 0. The summed E-state index contributed by atoms with van der Waals surface area (Å²) in [5.41, 5.74) is 2.18. The van der Waals surface area contributed by atoms with Gasteiger partial charge in [0.2, 0.25) is 11.8 Å². The third-order valence-electron chi connectivity index (χ3n) is 5.21. The third-order valence-corrected chi connectivity index (χ3v) is 5.21. The minimum atomic E-state index is -0.371. The Morgan fingerprint density at radius 2 is 1.63 bits per heavy atom. The highest BCUT2D eigenvalue weighted by atomic mass is 16.2. The molecule has 27 heavy (non-hydrogen) atoms. The van der Waals surface area contributed by atoms with Crippen molar-refractivity contribution in [1.82, 2.24) is 9.80 Å². The summed E-state index contributed by atoms with van der Waals surface area (Å²) in [6.45, 7) is 3.72. The number of nitrogens with zero attached hydrogens (tertiary/aromatic N) is 2. The molecule has 0 N–H and O–H groups in total. The average molecular weight is 364 g/mol. The normalized spacial score (nSPS) is 17.4. The molecule has 1 saturated heterocycles. The first kappa shape index (κ1) is 19.2. The van der Waals surface area contributed by atoms with Crippen LogP contribution in [-0.2, 0) is 22.7 Å². The molecule has 1 fully saturated rings. The zero-order chi connectivity index (χ0) is 19.1. The van der Waals surface area contributed by atoms with E-state index < -0.39 is 0 Å². The van der Waals surface area contributed by atoms with E-state index >= 15 is 0 Å². The van der Waals surface area contributed by atoms with Crippen molar-refractivity contribution in [3.8, 4) is 0 Å². The van der Waals surface area contributed by atoms with Gasteiger partial charge < -0.3 is 9.80 Å². The second-order valence-corrected chi connectivity index (χ2v) is 7.11. The minimum Gasteiger partial charge on any atom is -0.337 e. The summed E-state index contributed by atoms with van der Waals surface area (Å²) < 4.78 is 0. The molecule has 2 amide bonds. The van der Waals surface area contributed by atoms with Crippen LogP contribution in [0.1, 0.15) is 43.7 Å². The SMILES string of the molecule is CCN(Cc1ccccc1)C(=O)C1CCCCC(=O)N1Cc1ccccc1. The third kappa shape index (κ3) is 4.97. The summed E-state index contributed by atoms with van der Waals surface area (Å²) in [5.74, 6) is 0.151. The highest BCUT2D eigenvalue weighted by Gasteiger charge is 2.33. The van der Waals surface area contributed by atoms with Crippen molar-refractivity contribution in [3.05, 3.63) is 71.8 Å². The van der Waals surface area contributed by atoms with Crippen LogP contribution in [-0.4, -0.2) is 34.2 Å². The van der Waals surface area contributed by atoms with E-state index in [-0.39, 0.29) is 17.9 Å². The molecule has 1 unspecified atom stereocenters. The van der Waals surface area contributed by atoms with Gasteiger partial charge in [-0.3, -0.25) is 9.59 Å². The van der Waals surface area contributed by atoms with Gasteiger partial charge in [-0.2, -0.15) is 0 Å². The Kier molecular flexibility index (Phi) is 6.64. The Balaban J connectivity index is 1.80. The molecule has 2 aromatic carbocycles. The topological polar surface area (TPSA) is 40.6 Å². The predicted molar refractivity (Wildman–Crippen MR) is 107 cm³/mol. The summed E-state index contributed by atoms with van der Waals surface area (Å²) in [6.07, 6.45) is 3.04. The van der Waals surface area contributed by atoms with Gasteiger partial charge in [-0.1, -0.05) is 67.1 Å². The van der Waals surface area contributed by atoms with Gasteiger partial charge in [-0.05, 0) is 30.9 Å². The Labute approximate surface area is 161 Å². The van der Waals surface area contributed by atoms with Crippen molar-refractivity contribution in [2.45, 2.75) is 51.7 Å². The molecule has 4 heteroatoms. The summed E-state index contributed by atoms with van der Waals surface area (Å²) >= 11 is 0. The number of likely N-dealkylation sites (tertiary alicyclic amines) is 1. The Morgan fingerprint density at radius 1 is 1.00 bits per heavy atom. The van der Waals surface area contributed by atoms with E-state index in [1.54, 1.807) is 4.90 Å². The molecule has 0 spiro atoms. The first-order valence-electron chi connectivity index (χ1n) is 9.85. The molecule has 0 saturated carbocycles. The lowest BCUT2D eigenvalue weighted by atomic mass is 10.1. The first-order chi connectivity index (χ1) is 13.2. The smallest absolute Gasteiger partial charge is 0.245 e. The van der Waals surface area contributed by atoms with Crippen molar-refractivity contribution < 1.29 is 9.59 Å². The van der Waals surface area contributed by atoms with Crippen LogP contribution in [0.25, 0.3) is 0 Å². The molecule has 3 rings (SSSR count). The number of amides is 2. The van der Waals surface area contributed by atoms with Gasteiger partial charge in [-0.25, -0.2) is 0 Å². The van der Waals surface area contributed by atoms with Crippen molar-refractivity contribution in [1.29, 1.82) is 0 Å². The zero-order valence-electron chi connectivity index (χ0n) is 16.0. The van der Waals surface area contributed by atoms with Crippen LogP contribution in [0.3, 0.4) is 0 Å². The molecule has 0 aromatic heterocycles. The lowest BCUT2D eigenvalue weighted by Crippen LogP contribution is -2.49. The van der Waals surface area contributed by atoms with Gasteiger partial charge in [0.15, 0.2) is 0 Å². The van der Waals surface area contributed by atoms with E-state index in [9.17, 15) is 9.59 Å². The fraction of sp³-hybridized carbons (Fsp3) is 0.391. The molecule has 1 heterocycles. The standard InChI is InChI=1S/C23H28N2O2/c1-2-24(17-19-11-5-3-6-12-19)23(27)21-15-9-10-16-22(26)25(21)18-20-13-7-4-8-14-20/h3-8,11-14,21H,2,9-10,15-18H2,1H3. The number of carbonyl (C=O) groups is 2. The summed E-state index contributed by atoms with van der Waals surface area (Å²) in [6, 6.07) is 19.6. The van der Waals surface area contributed by atoms with Crippen LogP contribution in [0.15, 0.2) is 60.7 Å². The Bertz CT molecular complexity index is 745. The highest BCUT2D eigenvalue weighted by molar-refractivity contribution is 5.88. The predicted octanol–water partition coefficient (Wildman–Crippen LogP) is 4.01. The van der Waals surface area contributed by atoms with Crippen molar-refractivity contribution >= 4 is 11.8 Å². The van der Waals surface area contributed by atoms with Crippen LogP contribution in [0.5, 0.6) is 0 Å². The average Bonchev–Trinajstić information content (AvgIpc) is 2.89. The quantitative estimate of drug-likeness (QED) is 0.777. The van der Waals surface area contributed by atoms with E-state index in [4.69, 9.17) is 0 Å². The van der Waals surface area contributed by atoms with E-state index in [1.165, 1.54) is 0 Å². The first-order valence-corrected chi connectivity index (χ1v) is 9.85. The molecule has 1 aliphatic rings. The number of rotatable bonds is 6. The maximum absolute atomic E-state index is 13.4. The van der Waals surface area contributed by atoms with Gasteiger partial charge >= 0.3 is 0 Å². The molecule has 0 radical (unpaired) electrons. The van der Waals surface area contributed by atoms with Crippen LogP contribution < -0.4 is 0 Å². The van der Waals surface area contributed by atoms with E-state index in [1.807, 2.05) is 72.5 Å². The lowest BCUT2D eigenvalue weighted by molar-refractivity contribution is -0.146. The summed E-state index contributed by atoms with van der Waals surface area (Å²) in [5, 5.41) is 0. The van der Waals surface area contributed by atoms with Crippen LogP contribution in [0, 0.1) is 0 Å². The monoisotopic (exact) mass is 364 g/mol. The van der Waals surface area contributed by atoms with Crippen LogP contribution in [0.4, 0.5) is 0 Å². The zero-order valence-corrected chi connectivity index (χ0v) is 16.0. The Hall–Kier alpha value is -2.62. The maximum Gasteiger partial charge on any atom is 0.245 e.